The molecule has 3 heterocycles. The van der Waals surface area contributed by atoms with Crippen LogP contribution in [0.1, 0.15) is 11.3 Å². The number of nitrogens with zero attached hydrogens (tertiary/aromatic N) is 2. The summed E-state index contributed by atoms with van der Waals surface area (Å²) in [4.78, 5) is 5.82. The summed E-state index contributed by atoms with van der Waals surface area (Å²) < 4.78 is 6.50. The summed E-state index contributed by atoms with van der Waals surface area (Å²) in [5, 5.41) is 6.19. The van der Waals surface area contributed by atoms with Crippen LogP contribution in [0.25, 0.3) is 10.6 Å². The van der Waals surface area contributed by atoms with Gasteiger partial charge in [0.2, 0.25) is 0 Å². The Bertz CT molecular complexity index is 808. The van der Waals surface area contributed by atoms with Crippen molar-refractivity contribution < 1.29 is 4.52 Å². The summed E-state index contributed by atoms with van der Waals surface area (Å²) >= 11 is 5.16. The second kappa shape index (κ2) is 6.32. The molecule has 0 radical (unpaired) electrons. The van der Waals surface area contributed by atoms with E-state index in [9.17, 15) is 0 Å². The summed E-state index contributed by atoms with van der Waals surface area (Å²) in [6.45, 7) is 0. The van der Waals surface area contributed by atoms with Gasteiger partial charge in [-0.3, -0.25) is 0 Å². The van der Waals surface area contributed by atoms with Crippen LogP contribution in [-0.2, 0) is 11.5 Å². The summed E-state index contributed by atoms with van der Waals surface area (Å²) in [7, 11) is 0. The number of hydrogen-bond donors (Lipinski definition) is 0. The average molecular weight is 344 g/mol. The van der Waals surface area contributed by atoms with E-state index < -0.39 is 0 Å². The van der Waals surface area contributed by atoms with Gasteiger partial charge in [-0.2, -0.15) is 0 Å². The van der Waals surface area contributed by atoms with Crippen molar-refractivity contribution in [3.63, 3.8) is 0 Å². The largest absolute Gasteiger partial charge is 0.355 e. The molecule has 0 spiro atoms. The Kier molecular flexibility index (Phi) is 4.05. The molecule has 2 aromatic heterocycles. The van der Waals surface area contributed by atoms with Crippen molar-refractivity contribution >= 4 is 44.9 Å². The first-order valence-electron chi connectivity index (χ1n) is 6.80. The van der Waals surface area contributed by atoms with Gasteiger partial charge in [-0.15, -0.1) is 11.3 Å². The molecule has 3 aromatic rings. The third-order valence-corrected chi connectivity index (χ3v) is 6.38. The van der Waals surface area contributed by atoms with Gasteiger partial charge in [-0.1, -0.05) is 52.9 Å². The van der Waals surface area contributed by atoms with Crippen LogP contribution in [0.5, 0.6) is 0 Å². The maximum Gasteiger partial charge on any atom is 0.177 e. The lowest BCUT2D eigenvalue weighted by Gasteiger charge is -2.13. The third-order valence-electron chi connectivity index (χ3n) is 3.22. The Hall–Kier alpha value is -1.50. The topological polar surface area (TPSA) is 38.4 Å². The van der Waals surface area contributed by atoms with Crippen molar-refractivity contribution in [1.29, 1.82) is 0 Å². The Balaban J connectivity index is 1.44. The third kappa shape index (κ3) is 2.99. The van der Waals surface area contributed by atoms with E-state index in [1.165, 1.54) is 5.56 Å². The van der Waals surface area contributed by atoms with E-state index in [0.29, 0.717) is 0 Å². The van der Waals surface area contributed by atoms with Crippen LogP contribution in [-0.4, -0.2) is 9.53 Å². The van der Waals surface area contributed by atoms with Crippen molar-refractivity contribution in [3.05, 3.63) is 59.1 Å². The first kappa shape index (κ1) is 14.1. The summed E-state index contributed by atoms with van der Waals surface area (Å²) in [6, 6.07) is 14.4. The number of rotatable bonds is 3. The SMILES string of the molecule is c1csc(-c2cc(CSC3=Nc4ccccc4CS3)no2)c1. The highest BCUT2D eigenvalue weighted by Gasteiger charge is 2.14. The fraction of sp³-hybridized carbons (Fsp3) is 0.125. The highest BCUT2D eigenvalue weighted by Crippen LogP contribution is 2.35. The standard InChI is InChI=1S/C16H12N2OS3/c1-2-5-13-11(4-1)9-21-16(17-13)22-10-12-8-14(19-18-12)15-6-3-7-20-15/h1-8H,9-10H2. The van der Waals surface area contributed by atoms with Crippen LogP contribution in [0.15, 0.2) is 57.4 Å². The maximum atomic E-state index is 5.41. The molecule has 0 aliphatic carbocycles. The van der Waals surface area contributed by atoms with Gasteiger partial charge in [0.1, 0.15) is 4.38 Å². The zero-order valence-electron chi connectivity index (χ0n) is 11.6. The fourth-order valence-electron chi connectivity index (χ4n) is 2.14. The normalized spacial score (nSPS) is 13.7. The quantitative estimate of drug-likeness (QED) is 0.622. The Labute approximate surface area is 140 Å². The summed E-state index contributed by atoms with van der Waals surface area (Å²) in [5.41, 5.74) is 3.34. The molecule has 0 atom stereocenters. The number of benzene rings is 1. The number of aromatic nitrogens is 1. The van der Waals surface area contributed by atoms with Crippen LogP contribution in [0.2, 0.25) is 0 Å². The second-order valence-electron chi connectivity index (χ2n) is 4.74. The number of hydrogen-bond acceptors (Lipinski definition) is 6. The molecule has 1 aliphatic rings. The van der Waals surface area contributed by atoms with Gasteiger partial charge < -0.3 is 4.52 Å². The smallest absolute Gasteiger partial charge is 0.177 e. The van der Waals surface area contributed by atoms with Crippen molar-refractivity contribution in [2.45, 2.75) is 11.5 Å². The van der Waals surface area contributed by atoms with Crippen molar-refractivity contribution in [3.8, 4) is 10.6 Å². The highest BCUT2D eigenvalue weighted by atomic mass is 32.2. The van der Waals surface area contributed by atoms with E-state index in [2.05, 4.69) is 23.4 Å². The second-order valence-corrected chi connectivity index (χ2v) is 7.88. The lowest BCUT2D eigenvalue weighted by molar-refractivity contribution is 0.427. The Morgan fingerprint density at radius 3 is 3.05 bits per heavy atom. The first-order valence-corrected chi connectivity index (χ1v) is 9.65. The summed E-state index contributed by atoms with van der Waals surface area (Å²) in [5.74, 6) is 2.61. The molecule has 3 nitrogen and oxygen atoms in total. The van der Waals surface area contributed by atoms with Gasteiger partial charge >= 0.3 is 0 Å². The number of aliphatic imine (C=N–C) groups is 1. The highest BCUT2D eigenvalue weighted by molar-refractivity contribution is 8.38. The molecule has 0 bridgehead atoms. The molecule has 0 saturated carbocycles. The average Bonchev–Trinajstić information content (AvgIpc) is 3.24. The van der Waals surface area contributed by atoms with E-state index in [0.717, 1.165) is 37.9 Å². The maximum absolute atomic E-state index is 5.41. The number of para-hydroxylation sites is 1. The molecule has 110 valence electrons. The van der Waals surface area contributed by atoms with E-state index in [1.807, 2.05) is 29.6 Å². The number of fused-ring (bicyclic) bond motifs is 1. The van der Waals surface area contributed by atoms with Crippen molar-refractivity contribution in [1.82, 2.24) is 5.16 Å². The van der Waals surface area contributed by atoms with Gasteiger partial charge in [-0.25, -0.2) is 4.99 Å². The molecule has 1 aliphatic heterocycles. The molecular weight excluding hydrogens is 332 g/mol. The molecule has 0 N–H and O–H groups in total. The van der Waals surface area contributed by atoms with E-state index >= 15 is 0 Å². The van der Waals surface area contributed by atoms with E-state index in [4.69, 9.17) is 9.52 Å². The molecule has 0 fully saturated rings. The van der Waals surface area contributed by atoms with Crippen LogP contribution in [0.3, 0.4) is 0 Å². The lowest BCUT2D eigenvalue weighted by atomic mass is 10.2. The number of thioether (sulfide) groups is 2. The fourth-order valence-corrected chi connectivity index (χ4v) is 4.75. The van der Waals surface area contributed by atoms with Gasteiger partial charge in [-0.05, 0) is 23.1 Å². The van der Waals surface area contributed by atoms with Gasteiger partial charge in [0, 0.05) is 17.6 Å². The van der Waals surface area contributed by atoms with Gasteiger partial charge in [0.15, 0.2) is 5.76 Å². The van der Waals surface area contributed by atoms with E-state index in [-0.39, 0.29) is 0 Å². The van der Waals surface area contributed by atoms with Gasteiger partial charge in [0.05, 0.1) is 16.3 Å². The molecular formula is C16H12N2OS3. The monoisotopic (exact) mass is 344 g/mol. The Morgan fingerprint density at radius 2 is 2.14 bits per heavy atom. The summed E-state index contributed by atoms with van der Waals surface area (Å²) in [6.07, 6.45) is 0. The molecule has 22 heavy (non-hydrogen) atoms. The van der Waals surface area contributed by atoms with E-state index in [1.54, 1.807) is 34.9 Å². The van der Waals surface area contributed by atoms with Gasteiger partial charge in [0.25, 0.3) is 0 Å². The predicted molar refractivity (Wildman–Crippen MR) is 95.9 cm³/mol. The molecule has 6 heteroatoms. The molecule has 1 aromatic carbocycles. The minimum atomic E-state index is 0.781. The van der Waals surface area contributed by atoms with Crippen molar-refractivity contribution in [2.75, 3.05) is 0 Å². The molecule has 0 amide bonds. The molecule has 0 saturated heterocycles. The minimum Gasteiger partial charge on any atom is -0.355 e. The van der Waals surface area contributed by atoms with Crippen LogP contribution in [0, 0.1) is 0 Å². The zero-order valence-corrected chi connectivity index (χ0v) is 14.0. The lowest BCUT2D eigenvalue weighted by Crippen LogP contribution is -1.96. The van der Waals surface area contributed by atoms with Crippen LogP contribution >= 0.6 is 34.9 Å². The minimum absolute atomic E-state index is 0.781. The first-order chi connectivity index (χ1) is 10.9. The molecule has 4 rings (SSSR count). The Morgan fingerprint density at radius 1 is 1.18 bits per heavy atom. The molecule has 0 unspecified atom stereocenters. The van der Waals surface area contributed by atoms with Crippen LogP contribution in [0.4, 0.5) is 5.69 Å². The number of thiophene rings is 1. The predicted octanol–water partition coefficient (Wildman–Crippen LogP) is 5.57. The van der Waals surface area contributed by atoms with Crippen molar-refractivity contribution in [2.24, 2.45) is 4.99 Å². The zero-order chi connectivity index (χ0) is 14.8. The van der Waals surface area contributed by atoms with Crippen LogP contribution < -0.4 is 0 Å².